The molecule has 0 spiro atoms. The SMILES string of the molecule is CC(=O)Nc1ccc(N)c(B(O)O)c1. The average Bonchev–Trinajstić information content (AvgIpc) is 2.07. The smallest absolute Gasteiger partial charge is 0.423 e. The van der Waals surface area contributed by atoms with Crippen molar-refractivity contribution in [2.45, 2.75) is 6.92 Å². The molecule has 0 aliphatic heterocycles. The molecule has 5 nitrogen and oxygen atoms in total. The number of nitrogens with two attached hydrogens (primary N) is 1. The highest BCUT2D eigenvalue weighted by Gasteiger charge is 2.15. The van der Waals surface area contributed by atoms with Gasteiger partial charge in [-0.2, -0.15) is 0 Å². The molecule has 0 aliphatic rings. The first-order chi connectivity index (χ1) is 6.50. The Balaban J connectivity index is 3.00. The number of benzene rings is 1. The number of amides is 1. The van der Waals surface area contributed by atoms with Gasteiger partial charge in [-0.3, -0.25) is 4.79 Å². The van der Waals surface area contributed by atoms with Crippen molar-refractivity contribution >= 4 is 29.9 Å². The predicted molar refractivity (Wildman–Crippen MR) is 55.0 cm³/mol. The molecule has 0 fully saturated rings. The molecule has 0 atom stereocenters. The number of carbonyl (C=O) groups is 1. The van der Waals surface area contributed by atoms with Gasteiger partial charge in [-0.15, -0.1) is 0 Å². The first kappa shape index (κ1) is 10.6. The largest absolute Gasteiger partial charge is 0.490 e. The molecule has 0 saturated heterocycles. The maximum Gasteiger partial charge on any atom is 0.490 e. The third-order valence-electron chi connectivity index (χ3n) is 1.69. The number of nitrogen functional groups attached to an aromatic ring is 1. The lowest BCUT2D eigenvalue weighted by molar-refractivity contribution is -0.114. The summed E-state index contributed by atoms with van der Waals surface area (Å²) in [7, 11) is -1.64. The Morgan fingerprint density at radius 1 is 1.50 bits per heavy atom. The van der Waals surface area contributed by atoms with E-state index in [1.165, 1.54) is 19.1 Å². The maximum absolute atomic E-state index is 10.7. The van der Waals surface area contributed by atoms with Gasteiger partial charge in [0.25, 0.3) is 0 Å². The van der Waals surface area contributed by atoms with Gasteiger partial charge in [-0.05, 0) is 18.2 Å². The Morgan fingerprint density at radius 2 is 2.14 bits per heavy atom. The average molecular weight is 194 g/mol. The summed E-state index contributed by atoms with van der Waals surface area (Å²) >= 11 is 0. The number of nitrogens with one attached hydrogen (secondary N) is 1. The summed E-state index contributed by atoms with van der Waals surface area (Å²) in [6.07, 6.45) is 0. The Labute approximate surface area is 81.7 Å². The lowest BCUT2D eigenvalue weighted by Gasteiger charge is -2.07. The summed E-state index contributed by atoms with van der Waals surface area (Å²) in [5.74, 6) is -0.229. The van der Waals surface area contributed by atoms with Crippen LogP contribution in [-0.4, -0.2) is 23.1 Å². The van der Waals surface area contributed by atoms with E-state index >= 15 is 0 Å². The molecule has 0 aromatic heterocycles. The molecule has 14 heavy (non-hydrogen) atoms. The van der Waals surface area contributed by atoms with Crippen LogP contribution < -0.4 is 16.5 Å². The molecule has 0 unspecified atom stereocenters. The molecule has 0 bridgehead atoms. The lowest BCUT2D eigenvalue weighted by Crippen LogP contribution is -2.32. The minimum Gasteiger partial charge on any atom is -0.423 e. The van der Waals surface area contributed by atoms with Gasteiger partial charge in [0.05, 0.1) is 0 Å². The zero-order valence-corrected chi connectivity index (χ0v) is 7.69. The van der Waals surface area contributed by atoms with Gasteiger partial charge < -0.3 is 21.1 Å². The van der Waals surface area contributed by atoms with E-state index in [4.69, 9.17) is 15.8 Å². The topological polar surface area (TPSA) is 95.6 Å². The zero-order chi connectivity index (χ0) is 10.7. The fourth-order valence-corrected chi connectivity index (χ4v) is 1.08. The molecule has 1 amide bonds. The van der Waals surface area contributed by atoms with Crippen LogP contribution in [0.4, 0.5) is 11.4 Å². The van der Waals surface area contributed by atoms with Crippen LogP contribution in [0.25, 0.3) is 0 Å². The van der Waals surface area contributed by atoms with Crippen LogP contribution in [-0.2, 0) is 4.79 Å². The highest BCUT2D eigenvalue weighted by molar-refractivity contribution is 6.60. The number of rotatable bonds is 2. The summed E-state index contributed by atoms with van der Waals surface area (Å²) in [5, 5.41) is 20.4. The van der Waals surface area contributed by atoms with E-state index in [1.807, 2.05) is 0 Å². The lowest BCUT2D eigenvalue weighted by atomic mass is 9.79. The van der Waals surface area contributed by atoms with Crippen LogP contribution >= 0.6 is 0 Å². The maximum atomic E-state index is 10.7. The van der Waals surface area contributed by atoms with Gasteiger partial charge in [0.1, 0.15) is 0 Å². The van der Waals surface area contributed by atoms with Gasteiger partial charge in [0.2, 0.25) is 5.91 Å². The molecular formula is C8H11BN2O3. The van der Waals surface area contributed by atoms with Crippen LogP contribution in [0.2, 0.25) is 0 Å². The third kappa shape index (κ3) is 2.48. The fraction of sp³-hybridized carbons (Fsp3) is 0.125. The van der Waals surface area contributed by atoms with E-state index in [2.05, 4.69) is 5.32 Å². The summed E-state index contributed by atoms with van der Waals surface area (Å²) in [5.41, 5.74) is 6.42. The fourth-order valence-electron chi connectivity index (χ4n) is 1.08. The van der Waals surface area contributed by atoms with Crippen molar-refractivity contribution in [2.24, 2.45) is 0 Å². The van der Waals surface area contributed by atoms with Crippen LogP contribution in [0.5, 0.6) is 0 Å². The van der Waals surface area contributed by atoms with Crippen molar-refractivity contribution in [1.82, 2.24) is 0 Å². The first-order valence-electron chi connectivity index (χ1n) is 4.04. The summed E-state index contributed by atoms with van der Waals surface area (Å²) < 4.78 is 0. The number of hydrogen-bond donors (Lipinski definition) is 4. The minimum atomic E-state index is -1.64. The Kier molecular flexibility index (Phi) is 3.11. The van der Waals surface area contributed by atoms with Crippen molar-refractivity contribution < 1.29 is 14.8 Å². The van der Waals surface area contributed by atoms with E-state index in [1.54, 1.807) is 6.07 Å². The molecule has 6 heteroatoms. The third-order valence-corrected chi connectivity index (χ3v) is 1.69. The van der Waals surface area contributed by atoms with Gasteiger partial charge in [0, 0.05) is 23.8 Å². The van der Waals surface area contributed by atoms with Crippen LogP contribution in [0.15, 0.2) is 18.2 Å². The van der Waals surface area contributed by atoms with E-state index < -0.39 is 7.12 Å². The standard InChI is InChI=1S/C8H11BN2O3/c1-5(12)11-6-2-3-8(10)7(4-6)9(13)14/h2-4,13-14H,10H2,1H3,(H,11,12). The molecule has 0 radical (unpaired) electrons. The summed E-state index contributed by atoms with van der Waals surface area (Å²) in [6, 6.07) is 4.50. The van der Waals surface area contributed by atoms with Crippen LogP contribution in [0.1, 0.15) is 6.92 Å². The van der Waals surface area contributed by atoms with Crippen LogP contribution in [0.3, 0.4) is 0 Å². The van der Waals surface area contributed by atoms with Crippen molar-refractivity contribution in [3.8, 4) is 0 Å². The second kappa shape index (κ2) is 4.12. The minimum absolute atomic E-state index is 0.177. The van der Waals surface area contributed by atoms with Crippen LogP contribution in [0, 0.1) is 0 Å². The number of anilines is 2. The quantitative estimate of drug-likeness (QED) is 0.355. The Hall–Kier alpha value is -1.53. The monoisotopic (exact) mass is 194 g/mol. The van der Waals surface area contributed by atoms with E-state index in [9.17, 15) is 4.79 Å². The summed E-state index contributed by atoms with van der Waals surface area (Å²) in [4.78, 5) is 10.7. The van der Waals surface area contributed by atoms with Crippen molar-refractivity contribution in [2.75, 3.05) is 11.1 Å². The molecular weight excluding hydrogens is 183 g/mol. The number of hydrogen-bond acceptors (Lipinski definition) is 4. The molecule has 74 valence electrons. The van der Waals surface area contributed by atoms with E-state index in [0.717, 1.165) is 0 Å². The molecule has 0 saturated carbocycles. The molecule has 1 aromatic carbocycles. The highest BCUT2D eigenvalue weighted by Crippen LogP contribution is 2.08. The van der Waals surface area contributed by atoms with Gasteiger partial charge in [-0.1, -0.05) is 0 Å². The molecule has 1 rings (SSSR count). The molecule has 0 aliphatic carbocycles. The Bertz CT molecular complexity index is 354. The van der Waals surface area contributed by atoms with Gasteiger partial charge in [0.15, 0.2) is 0 Å². The number of carbonyl (C=O) groups excluding carboxylic acids is 1. The molecule has 5 N–H and O–H groups in total. The summed E-state index contributed by atoms with van der Waals surface area (Å²) in [6.45, 7) is 1.37. The Morgan fingerprint density at radius 3 is 2.64 bits per heavy atom. The van der Waals surface area contributed by atoms with Crippen molar-refractivity contribution in [3.05, 3.63) is 18.2 Å². The van der Waals surface area contributed by atoms with Gasteiger partial charge >= 0.3 is 7.12 Å². The normalized spacial score (nSPS) is 9.64. The highest BCUT2D eigenvalue weighted by atomic mass is 16.4. The molecule has 0 heterocycles. The molecule has 1 aromatic rings. The second-order valence-electron chi connectivity index (χ2n) is 2.90. The zero-order valence-electron chi connectivity index (χ0n) is 7.69. The van der Waals surface area contributed by atoms with E-state index in [0.29, 0.717) is 5.69 Å². The predicted octanol–water partition coefficient (Wildman–Crippen LogP) is -1.09. The van der Waals surface area contributed by atoms with Crippen molar-refractivity contribution in [3.63, 3.8) is 0 Å². The van der Waals surface area contributed by atoms with E-state index in [-0.39, 0.29) is 17.1 Å². The second-order valence-corrected chi connectivity index (χ2v) is 2.90. The first-order valence-corrected chi connectivity index (χ1v) is 4.04. The van der Waals surface area contributed by atoms with Crippen molar-refractivity contribution in [1.29, 1.82) is 0 Å². The van der Waals surface area contributed by atoms with Gasteiger partial charge in [-0.25, -0.2) is 0 Å².